The second kappa shape index (κ2) is 7.07. The molecule has 0 spiro atoms. The molecule has 98 valence electrons. The Morgan fingerprint density at radius 3 is 0.900 bits per heavy atom. The van der Waals surface area contributed by atoms with Crippen molar-refractivity contribution in [3.8, 4) is 0 Å². The van der Waals surface area contributed by atoms with E-state index in [1.807, 2.05) is 0 Å². The molecule has 0 heterocycles. The molecule has 1 nitrogen and oxygen atoms in total. The monoisotopic (exact) mass is 275 g/mol. The van der Waals surface area contributed by atoms with E-state index in [9.17, 15) is 0 Å². The lowest BCUT2D eigenvalue weighted by atomic mass is 10.3. The summed E-state index contributed by atoms with van der Waals surface area (Å²) in [6.45, 7) is 0. The van der Waals surface area contributed by atoms with Gasteiger partial charge in [-0.1, -0.05) is 104 Å². The molecule has 3 N–H and O–H groups in total. The van der Waals surface area contributed by atoms with Crippen LogP contribution in [0.15, 0.2) is 91.0 Å². The Kier molecular flexibility index (Phi) is 5.15. The lowest BCUT2D eigenvalue weighted by Crippen LogP contribution is -2.51. The number of rotatable bonds is 3. The first-order valence-electron chi connectivity index (χ1n) is 6.60. The quantitative estimate of drug-likeness (QED) is 0.732. The van der Waals surface area contributed by atoms with Crippen molar-refractivity contribution in [3.05, 3.63) is 91.0 Å². The fraction of sp³-hybridized carbons (Fsp3) is 0. The molecule has 0 saturated heterocycles. The summed E-state index contributed by atoms with van der Waals surface area (Å²) in [4.78, 5) is 0. The van der Waals surface area contributed by atoms with E-state index < -0.39 is 14.1 Å². The van der Waals surface area contributed by atoms with Crippen LogP contribution in [0, 0.1) is 0 Å². The standard InChI is InChI=1S/3C6H5.Al.H3N/c3*1-2-4-6-5-3-1;;/h3*1-5H;;1H3. The van der Waals surface area contributed by atoms with Crippen molar-refractivity contribution >= 4 is 27.4 Å². The van der Waals surface area contributed by atoms with Crippen molar-refractivity contribution in [3.63, 3.8) is 0 Å². The van der Waals surface area contributed by atoms with Crippen LogP contribution in [0.4, 0.5) is 0 Å². The predicted octanol–water partition coefficient (Wildman–Crippen LogP) is 2.36. The van der Waals surface area contributed by atoms with E-state index in [2.05, 4.69) is 91.0 Å². The number of hydrogen-bond donors (Lipinski definition) is 1. The third kappa shape index (κ3) is 3.18. The summed E-state index contributed by atoms with van der Waals surface area (Å²) in [7, 11) is 0. The van der Waals surface area contributed by atoms with Gasteiger partial charge in [-0.2, -0.15) is 0 Å². The molecule has 0 fully saturated rings. The summed E-state index contributed by atoms with van der Waals surface area (Å²) in [5.74, 6) is 0. The largest absolute Gasteiger partial charge is 0.383 e. The van der Waals surface area contributed by atoms with Gasteiger partial charge in [0.1, 0.15) is 0 Å². The van der Waals surface area contributed by atoms with Gasteiger partial charge in [-0.3, -0.25) is 0 Å². The van der Waals surface area contributed by atoms with Crippen LogP contribution in [-0.4, -0.2) is 14.1 Å². The second-order valence-corrected chi connectivity index (χ2v) is 7.53. The molecule has 0 saturated carbocycles. The summed E-state index contributed by atoms with van der Waals surface area (Å²) < 4.78 is 4.42. The van der Waals surface area contributed by atoms with Crippen molar-refractivity contribution in [1.29, 1.82) is 0 Å². The summed E-state index contributed by atoms with van der Waals surface area (Å²) in [5, 5.41) is 0. The molecule has 20 heavy (non-hydrogen) atoms. The molecule has 0 aromatic heterocycles. The van der Waals surface area contributed by atoms with Gasteiger partial charge in [0, 0.05) is 0 Å². The third-order valence-electron chi connectivity index (χ3n) is 3.40. The van der Waals surface area contributed by atoms with Crippen molar-refractivity contribution in [2.45, 2.75) is 0 Å². The van der Waals surface area contributed by atoms with Gasteiger partial charge in [0.2, 0.25) is 0 Å². The Labute approximate surface area is 124 Å². The maximum atomic E-state index is 2.26. The van der Waals surface area contributed by atoms with Gasteiger partial charge >= 0.3 is 14.1 Å². The first-order valence-corrected chi connectivity index (χ1v) is 8.33. The zero-order valence-corrected chi connectivity index (χ0v) is 12.6. The van der Waals surface area contributed by atoms with Crippen molar-refractivity contribution in [2.75, 3.05) is 0 Å². The van der Waals surface area contributed by atoms with Crippen LogP contribution in [0.3, 0.4) is 0 Å². The molecule has 0 bridgehead atoms. The Morgan fingerprint density at radius 1 is 0.400 bits per heavy atom. The molecule has 0 amide bonds. The average Bonchev–Trinajstić information content (AvgIpc) is 2.51. The van der Waals surface area contributed by atoms with Crippen LogP contribution in [-0.2, 0) is 0 Å². The first kappa shape index (κ1) is 14.6. The predicted molar refractivity (Wildman–Crippen MR) is 89.0 cm³/mol. The van der Waals surface area contributed by atoms with Gasteiger partial charge in [0.25, 0.3) is 0 Å². The SMILES string of the molecule is N.c1cc[c]([Al]([c]2ccccc2)[c]2ccccc2)cc1. The van der Waals surface area contributed by atoms with E-state index in [0.717, 1.165) is 0 Å². The van der Waals surface area contributed by atoms with Gasteiger partial charge < -0.3 is 6.15 Å². The summed E-state index contributed by atoms with van der Waals surface area (Å²) in [5.41, 5.74) is 0. The molecule has 3 aromatic rings. The van der Waals surface area contributed by atoms with Crippen LogP contribution in [0.2, 0.25) is 0 Å². The van der Waals surface area contributed by atoms with Gasteiger partial charge in [0.05, 0.1) is 0 Å². The van der Waals surface area contributed by atoms with E-state index in [-0.39, 0.29) is 6.15 Å². The molecule has 3 aromatic carbocycles. The normalized spacial score (nSPS) is 9.60. The van der Waals surface area contributed by atoms with E-state index >= 15 is 0 Å². The smallest absolute Gasteiger partial charge is 0.344 e. The third-order valence-corrected chi connectivity index (χ3v) is 6.55. The molecule has 0 aliphatic rings. The molecule has 0 aliphatic carbocycles. The van der Waals surface area contributed by atoms with Crippen molar-refractivity contribution < 1.29 is 0 Å². The number of benzene rings is 3. The lowest BCUT2D eigenvalue weighted by molar-refractivity contribution is 1.71. The number of hydrogen-bond acceptors (Lipinski definition) is 1. The minimum atomic E-state index is -1.31. The molecular weight excluding hydrogens is 257 g/mol. The summed E-state index contributed by atoms with van der Waals surface area (Å²) >= 11 is -1.31. The summed E-state index contributed by atoms with van der Waals surface area (Å²) in [6.07, 6.45) is 0. The first-order chi connectivity index (χ1) is 9.45. The van der Waals surface area contributed by atoms with Crippen molar-refractivity contribution in [2.24, 2.45) is 0 Å². The average molecular weight is 275 g/mol. The lowest BCUT2D eigenvalue weighted by Gasteiger charge is -2.13. The van der Waals surface area contributed by atoms with E-state index in [1.165, 1.54) is 13.3 Å². The highest BCUT2D eigenvalue weighted by molar-refractivity contribution is 6.95. The molecule has 2 heteroatoms. The van der Waals surface area contributed by atoms with E-state index in [1.54, 1.807) is 0 Å². The topological polar surface area (TPSA) is 35.0 Å². The fourth-order valence-electron chi connectivity index (χ4n) is 2.51. The molecule has 0 atom stereocenters. The van der Waals surface area contributed by atoms with Crippen LogP contribution in [0.5, 0.6) is 0 Å². The van der Waals surface area contributed by atoms with Crippen LogP contribution >= 0.6 is 0 Å². The van der Waals surface area contributed by atoms with E-state index in [0.29, 0.717) is 0 Å². The molecule has 0 unspecified atom stereocenters. The molecular formula is C18H18AlN. The maximum absolute atomic E-state index is 2.26. The van der Waals surface area contributed by atoms with Gasteiger partial charge in [-0.15, -0.1) is 0 Å². The van der Waals surface area contributed by atoms with Crippen LogP contribution in [0.25, 0.3) is 0 Å². The Bertz CT molecular complexity index is 529. The zero-order chi connectivity index (χ0) is 12.9. The van der Waals surface area contributed by atoms with Crippen LogP contribution in [0.1, 0.15) is 0 Å². The molecule has 0 aliphatic heterocycles. The Morgan fingerprint density at radius 2 is 0.650 bits per heavy atom. The van der Waals surface area contributed by atoms with Crippen molar-refractivity contribution in [1.82, 2.24) is 6.15 Å². The van der Waals surface area contributed by atoms with Crippen LogP contribution < -0.4 is 19.4 Å². The summed E-state index contributed by atoms with van der Waals surface area (Å²) in [6, 6.07) is 32.7. The van der Waals surface area contributed by atoms with Gasteiger partial charge in [0.15, 0.2) is 0 Å². The second-order valence-electron chi connectivity index (χ2n) is 4.67. The minimum absolute atomic E-state index is 0. The minimum Gasteiger partial charge on any atom is -0.344 e. The highest BCUT2D eigenvalue weighted by Crippen LogP contribution is 1.95. The fourth-order valence-corrected chi connectivity index (χ4v) is 5.49. The molecule has 3 rings (SSSR count). The Balaban J connectivity index is 0.00000147. The highest BCUT2D eigenvalue weighted by Gasteiger charge is 2.23. The zero-order valence-electron chi connectivity index (χ0n) is 11.4. The maximum Gasteiger partial charge on any atom is 0.383 e. The molecule has 0 radical (unpaired) electrons. The highest BCUT2D eigenvalue weighted by atomic mass is 27.2. The van der Waals surface area contributed by atoms with Gasteiger partial charge in [-0.05, 0) is 0 Å². The Hall–Kier alpha value is -1.85. The van der Waals surface area contributed by atoms with E-state index in [4.69, 9.17) is 0 Å². The van der Waals surface area contributed by atoms with Gasteiger partial charge in [-0.25, -0.2) is 0 Å².